The van der Waals surface area contributed by atoms with Gasteiger partial charge in [-0.25, -0.2) is 0 Å². The summed E-state index contributed by atoms with van der Waals surface area (Å²) >= 11 is 3.36. The van der Waals surface area contributed by atoms with Gasteiger partial charge in [0.2, 0.25) is 0 Å². The molecule has 0 fully saturated rings. The summed E-state index contributed by atoms with van der Waals surface area (Å²) in [5, 5.41) is 10.1. The fraction of sp³-hybridized carbons (Fsp3) is 0.333. The quantitative estimate of drug-likeness (QED) is 0.472. The summed E-state index contributed by atoms with van der Waals surface area (Å²) in [6.45, 7) is 1.03. The SMILES string of the molecule is CN(C)C(CNC(=O)c1ccc(C(=O)NCC(c2cccs2)N(C)C)cc1)c1cccs1. The second kappa shape index (κ2) is 11.4. The summed E-state index contributed by atoms with van der Waals surface area (Å²) in [6.07, 6.45) is 0. The van der Waals surface area contributed by atoms with Gasteiger partial charge in [-0.1, -0.05) is 12.1 Å². The molecule has 0 saturated heterocycles. The summed E-state index contributed by atoms with van der Waals surface area (Å²) in [7, 11) is 8.01. The largest absolute Gasteiger partial charge is 0.350 e. The Labute approximate surface area is 197 Å². The fourth-order valence-electron chi connectivity index (χ4n) is 3.39. The lowest BCUT2D eigenvalue weighted by molar-refractivity contribution is 0.0930. The number of rotatable bonds is 10. The van der Waals surface area contributed by atoms with Crippen LogP contribution in [0.2, 0.25) is 0 Å². The molecule has 3 aromatic rings. The fourth-order valence-corrected chi connectivity index (χ4v) is 5.24. The molecule has 3 rings (SSSR count). The minimum absolute atomic E-state index is 0.122. The Morgan fingerprint density at radius 3 is 1.38 bits per heavy atom. The molecule has 2 amide bonds. The van der Waals surface area contributed by atoms with Gasteiger partial charge in [-0.15, -0.1) is 22.7 Å². The van der Waals surface area contributed by atoms with Crippen LogP contribution in [0.5, 0.6) is 0 Å². The third-order valence-electron chi connectivity index (χ3n) is 5.31. The second-order valence-corrected chi connectivity index (χ2v) is 9.95. The molecule has 32 heavy (non-hydrogen) atoms. The molecular weight excluding hydrogens is 440 g/mol. The monoisotopic (exact) mass is 470 g/mol. The molecule has 0 aliphatic rings. The number of hydrogen-bond donors (Lipinski definition) is 2. The van der Waals surface area contributed by atoms with Gasteiger partial charge in [0.1, 0.15) is 0 Å². The summed E-state index contributed by atoms with van der Waals surface area (Å²) in [5.74, 6) is -0.295. The van der Waals surface area contributed by atoms with Crippen LogP contribution in [-0.4, -0.2) is 62.9 Å². The van der Waals surface area contributed by atoms with Crippen LogP contribution < -0.4 is 10.6 Å². The van der Waals surface area contributed by atoms with E-state index in [4.69, 9.17) is 0 Å². The van der Waals surface area contributed by atoms with Gasteiger partial charge in [0.25, 0.3) is 11.8 Å². The highest BCUT2D eigenvalue weighted by molar-refractivity contribution is 7.10. The van der Waals surface area contributed by atoms with Gasteiger partial charge in [-0.3, -0.25) is 9.59 Å². The van der Waals surface area contributed by atoms with Crippen molar-refractivity contribution >= 4 is 34.5 Å². The first-order chi connectivity index (χ1) is 15.4. The van der Waals surface area contributed by atoms with Crippen LogP contribution in [0.4, 0.5) is 0 Å². The smallest absolute Gasteiger partial charge is 0.251 e. The third-order valence-corrected chi connectivity index (χ3v) is 7.26. The Balaban J connectivity index is 1.55. The van der Waals surface area contributed by atoms with Gasteiger partial charge in [0.05, 0.1) is 12.1 Å². The minimum atomic E-state index is -0.147. The van der Waals surface area contributed by atoms with E-state index in [1.165, 1.54) is 9.75 Å². The number of carbonyl (C=O) groups excluding carboxylic acids is 2. The number of amides is 2. The number of nitrogens with zero attached hydrogens (tertiary/aromatic N) is 2. The molecule has 2 aromatic heterocycles. The van der Waals surface area contributed by atoms with Gasteiger partial charge in [-0.2, -0.15) is 0 Å². The predicted molar refractivity (Wildman–Crippen MR) is 133 cm³/mol. The van der Waals surface area contributed by atoms with E-state index in [2.05, 4.69) is 32.6 Å². The molecule has 8 heteroatoms. The van der Waals surface area contributed by atoms with E-state index in [0.717, 1.165) is 0 Å². The Kier molecular flexibility index (Phi) is 8.58. The number of benzene rings is 1. The molecule has 2 heterocycles. The maximum Gasteiger partial charge on any atom is 0.251 e. The third kappa shape index (κ3) is 6.26. The van der Waals surface area contributed by atoms with Gasteiger partial charge in [0.15, 0.2) is 0 Å². The maximum absolute atomic E-state index is 12.6. The van der Waals surface area contributed by atoms with E-state index >= 15 is 0 Å². The molecule has 0 bridgehead atoms. The molecule has 0 saturated carbocycles. The van der Waals surface area contributed by atoms with Crippen LogP contribution in [0.15, 0.2) is 59.3 Å². The highest BCUT2D eigenvalue weighted by Gasteiger charge is 2.18. The Bertz CT molecular complexity index is 902. The highest BCUT2D eigenvalue weighted by Crippen LogP contribution is 2.23. The lowest BCUT2D eigenvalue weighted by Crippen LogP contribution is -2.34. The van der Waals surface area contributed by atoms with E-state index in [0.29, 0.717) is 24.2 Å². The van der Waals surface area contributed by atoms with E-state index < -0.39 is 0 Å². The molecule has 2 unspecified atom stereocenters. The first-order valence-electron chi connectivity index (χ1n) is 10.4. The zero-order chi connectivity index (χ0) is 23.1. The second-order valence-electron chi connectivity index (χ2n) is 7.99. The molecule has 2 atom stereocenters. The average molecular weight is 471 g/mol. The van der Waals surface area contributed by atoms with Gasteiger partial charge in [-0.05, 0) is 75.3 Å². The van der Waals surface area contributed by atoms with Crippen LogP contribution in [0.25, 0.3) is 0 Å². The molecule has 2 N–H and O–H groups in total. The summed E-state index contributed by atoms with van der Waals surface area (Å²) < 4.78 is 0. The van der Waals surface area contributed by atoms with Crippen LogP contribution in [0.3, 0.4) is 0 Å². The number of nitrogens with one attached hydrogen (secondary N) is 2. The van der Waals surface area contributed by atoms with Crippen molar-refractivity contribution in [3.8, 4) is 0 Å². The average Bonchev–Trinajstić information content (AvgIpc) is 3.48. The van der Waals surface area contributed by atoms with Crippen LogP contribution in [-0.2, 0) is 0 Å². The van der Waals surface area contributed by atoms with Crippen molar-refractivity contribution in [3.63, 3.8) is 0 Å². The van der Waals surface area contributed by atoms with Crippen molar-refractivity contribution in [1.29, 1.82) is 0 Å². The first kappa shape index (κ1) is 24.1. The van der Waals surface area contributed by atoms with Gasteiger partial charge in [0, 0.05) is 34.0 Å². The van der Waals surface area contributed by atoms with E-state index in [1.807, 2.05) is 51.1 Å². The molecule has 0 radical (unpaired) electrons. The number of carbonyl (C=O) groups is 2. The van der Waals surface area contributed by atoms with E-state index in [9.17, 15) is 9.59 Å². The topological polar surface area (TPSA) is 64.7 Å². The first-order valence-corrected chi connectivity index (χ1v) is 12.2. The van der Waals surface area contributed by atoms with Crippen molar-refractivity contribution in [2.24, 2.45) is 0 Å². The highest BCUT2D eigenvalue weighted by atomic mass is 32.1. The van der Waals surface area contributed by atoms with Crippen molar-refractivity contribution < 1.29 is 9.59 Å². The van der Waals surface area contributed by atoms with Crippen LogP contribution >= 0.6 is 22.7 Å². The molecule has 0 spiro atoms. The Morgan fingerprint density at radius 2 is 1.09 bits per heavy atom. The number of thiophene rings is 2. The lowest BCUT2D eigenvalue weighted by Gasteiger charge is -2.23. The molecule has 1 aromatic carbocycles. The molecule has 6 nitrogen and oxygen atoms in total. The lowest BCUT2D eigenvalue weighted by atomic mass is 10.1. The summed E-state index contributed by atoms with van der Waals surface area (Å²) in [5.41, 5.74) is 1.07. The van der Waals surface area contributed by atoms with Crippen molar-refractivity contribution in [3.05, 3.63) is 80.2 Å². The predicted octanol–water partition coefficient (Wildman–Crippen LogP) is 3.88. The van der Waals surface area contributed by atoms with Gasteiger partial charge < -0.3 is 20.4 Å². The summed E-state index contributed by atoms with van der Waals surface area (Å²) in [6, 6.07) is 15.2. The number of hydrogen-bond acceptors (Lipinski definition) is 6. The molecule has 170 valence electrons. The summed E-state index contributed by atoms with van der Waals surface area (Å²) in [4.78, 5) is 31.8. The number of likely N-dealkylation sites (N-methyl/N-ethyl adjacent to an activating group) is 2. The molecular formula is C24H30N4O2S2. The Morgan fingerprint density at radius 1 is 0.719 bits per heavy atom. The standard InChI is InChI=1S/C24H30N4O2S2/c1-27(2)19(21-7-5-13-31-21)15-25-23(29)17-9-11-18(12-10-17)24(30)26-16-20(28(3)4)22-8-6-14-32-22/h5-14,19-20H,15-16H2,1-4H3,(H,25,29)(H,26,30). The minimum Gasteiger partial charge on any atom is -0.350 e. The zero-order valence-electron chi connectivity index (χ0n) is 18.9. The van der Waals surface area contributed by atoms with Crippen molar-refractivity contribution in [2.45, 2.75) is 12.1 Å². The van der Waals surface area contributed by atoms with Crippen LogP contribution in [0.1, 0.15) is 42.6 Å². The van der Waals surface area contributed by atoms with Crippen molar-refractivity contribution in [2.75, 3.05) is 41.3 Å². The van der Waals surface area contributed by atoms with Crippen molar-refractivity contribution in [1.82, 2.24) is 20.4 Å². The van der Waals surface area contributed by atoms with Gasteiger partial charge >= 0.3 is 0 Å². The Hall–Kier alpha value is -2.52. The normalized spacial score (nSPS) is 13.2. The van der Waals surface area contributed by atoms with E-state index in [-0.39, 0.29) is 23.9 Å². The molecule has 0 aliphatic heterocycles. The molecule has 0 aliphatic carbocycles. The van der Waals surface area contributed by atoms with Crippen LogP contribution in [0, 0.1) is 0 Å². The zero-order valence-corrected chi connectivity index (χ0v) is 20.5. The maximum atomic E-state index is 12.6. The van der Waals surface area contributed by atoms with E-state index in [1.54, 1.807) is 46.9 Å².